The zero-order valence-electron chi connectivity index (χ0n) is 7.46. The van der Waals surface area contributed by atoms with E-state index in [2.05, 4.69) is 15.9 Å². The molecule has 0 amide bonds. The zero-order chi connectivity index (χ0) is 10.7. The lowest BCUT2D eigenvalue weighted by Crippen LogP contribution is -2.05. The Kier molecular flexibility index (Phi) is 3.52. The largest absolute Gasteiger partial charge is 0.298 e. The van der Waals surface area contributed by atoms with Crippen LogP contribution in [0.15, 0.2) is 18.2 Å². The number of carbonyl (C=O) groups excluding carboxylic acids is 2. The third-order valence-electron chi connectivity index (χ3n) is 1.83. The van der Waals surface area contributed by atoms with Crippen LogP contribution in [0.25, 0.3) is 0 Å². The van der Waals surface area contributed by atoms with Crippen molar-refractivity contribution >= 4 is 28.0 Å². The number of Topliss-reactive ketones (excluding diaryl/α,β-unsaturated/α-hetero) is 1. The average molecular weight is 259 g/mol. The van der Waals surface area contributed by atoms with E-state index in [1.165, 1.54) is 19.1 Å². The van der Waals surface area contributed by atoms with Crippen molar-refractivity contribution in [3.05, 3.63) is 35.1 Å². The Bertz CT molecular complexity index is 376. The smallest absolute Gasteiger partial charge is 0.153 e. The van der Waals surface area contributed by atoms with Gasteiger partial charge in [-0.3, -0.25) is 9.59 Å². The van der Waals surface area contributed by atoms with E-state index >= 15 is 0 Å². The quantitative estimate of drug-likeness (QED) is 0.617. The molecule has 0 saturated carbocycles. The van der Waals surface area contributed by atoms with Gasteiger partial charge in [-0.05, 0) is 18.6 Å². The second-order valence-corrected chi connectivity index (χ2v) is 3.75. The fourth-order valence-corrected chi connectivity index (χ4v) is 1.52. The summed E-state index contributed by atoms with van der Waals surface area (Å²) in [6.07, 6.45) is 0.419. The van der Waals surface area contributed by atoms with Crippen LogP contribution >= 0.6 is 15.9 Å². The Balaban J connectivity index is 3.26. The minimum Gasteiger partial charge on any atom is -0.298 e. The van der Waals surface area contributed by atoms with Gasteiger partial charge in [0, 0.05) is 0 Å². The number of ketones is 1. The highest BCUT2D eigenvalue weighted by molar-refractivity contribution is 9.09. The number of aldehydes is 1. The van der Waals surface area contributed by atoms with Crippen molar-refractivity contribution < 1.29 is 14.0 Å². The standard InChI is InChI=1S/C10H8BrFO2/c1-6(14)10(11)7-3-2-4-9(12)8(7)5-13/h2-5,10H,1H3. The van der Waals surface area contributed by atoms with Gasteiger partial charge in [0.2, 0.25) is 0 Å². The minimum absolute atomic E-state index is 0.0652. The van der Waals surface area contributed by atoms with E-state index in [0.717, 1.165) is 0 Å². The van der Waals surface area contributed by atoms with Gasteiger partial charge in [0.05, 0.1) is 10.4 Å². The Labute approximate surface area is 89.2 Å². The van der Waals surface area contributed by atoms with Gasteiger partial charge in [-0.2, -0.15) is 0 Å². The second kappa shape index (κ2) is 4.46. The molecule has 0 aliphatic rings. The third kappa shape index (κ3) is 2.07. The normalized spacial score (nSPS) is 12.2. The lowest BCUT2D eigenvalue weighted by atomic mass is 10.0. The number of benzene rings is 1. The molecule has 1 unspecified atom stereocenters. The molecule has 0 spiro atoms. The summed E-state index contributed by atoms with van der Waals surface area (Å²) in [4.78, 5) is 21.0. The number of hydrogen-bond acceptors (Lipinski definition) is 2. The lowest BCUT2D eigenvalue weighted by molar-refractivity contribution is -0.116. The van der Waals surface area contributed by atoms with Crippen molar-refractivity contribution in [1.82, 2.24) is 0 Å². The van der Waals surface area contributed by atoms with Crippen LogP contribution in [-0.4, -0.2) is 12.1 Å². The Morgan fingerprint density at radius 2 is 2.21 bits per heavy atom. The van der Waals surface area contributed by atoms with Crippen LogP contribution in [-0.2, 0) is 4.79 Å². The number of hydrogen-bond donors (Lipinski definition) is 0. The molecule has 0 saturated heterocycles. The lowest BCUT2D eigenvalue weighted by Gasteiger charge is -2.09. The van der Waals surface area contributed by atoms with E-state index in [1.54, 1.807) is 6.07 Å². The van der Waals surface area contributed by atoms with E-state index in [1.807, 2.05) is 0 Å². The minimum atomic E-state index is -0.626. The summed E-state index contributed by atoms with van der Waals surface area (Å²) in [5.74, 6) is -0.776. The van der Waals surface area contributed by atoms with Crippen molar-refractivity contribution in [2.75, 3.05) is 0 Å². The van der Waals surface area contributed by atoms with Gasteiger partial charge < -0.3 is 0 Å². The van der Waals surface area contributed by atoms with Gasteiger partial charge in [0.1, 0.15) is 11.6 Å². The summed E-state index contributed by atoms with van der Waals surface area (Å²) in [5.41, 5.74) is 0.303. The van der Waals surface area contributed by atoms with Crippen LogP contribution in [0.4, 0.5) is 4.39 Å². The summed E-state index contributed by atoms with van der Waals surface area (Å²) in [7, 11) is 0. The van der Waals surface area contributed by atoms with Crippen LogP contribution in [0.5, 0.6) is 0 Å². The molecule has 2 nitrogen and oxygen atoms in total. The highest BCUT2D eigenvalue weighted by Gasteiger charge is 2.18. The monoisotopic (exact) mass is 258 g/mol. The van der Waals surface area contributed by atoms with Crippen LogP contribution in [0, 0.1) is 5.82 Å². The molecule has 0 bridgehead atoms. The summed E-state index contributed by atoms with van der Waals surface area (Å²) >= 11 is 3.10. The molecular weight excluding hydrogens is 251 g/mol. The Morgan fingerprint density at radius 3 is 2.71 bits per heavy atom. The van der Waals surface area contributed by atoms with Gasteiger partial charge >= 0.3 is 0 Å². The number of rotatable bonds is 3. The first kappa shape index (κ1) is 11.0. The van der Waals surface area contributed by atoms with Gasteiger partial charge in [-0.15, -0.1) is 0 Å². The Morgan fingerprint density at radius 1 is 1.57 bits per heavy atom. The molecular formula is C10H8BrFO2. The first-order valence-corrected chi connectivity index (χ1v) is 4.87. The maximum Gasteiger partial charge on any atom is 0.153 e. The summed E-state index contributed by atoms with van der Waals surface area (Å²) in [6.45, 7) is 1.37. The predicted molar refractivity (Wildman–Crippen MR) is 54.1 cm³/mol. The van der Waals surface area contributed by atoms with Crippen LogP contribution < -0.4 is 0 Å². The zero-order valence-corrected chi connectivity index (χ0v) is 9.05. The van der Waals surface area contributed by atoms with E-state index in [0.29, 0.717) is 11.8 Å². The molecule has 74 valence electrons. The molecule has 0 N–H and O–H groups in total. The molecule has 0 aliphatic carbocycles. The first-order chi connectivity index (χ1) is 6.57. The molecule has 0 heterocycles. The molecule has 1 aromatic carbocycles. The highest BCUT2D eigenvalue weighted by Crippen LogP contribution is 2.27. The fourth-order valence-electron chi connectivity index (χ4n) is 1.12. The molecule has 0 aromatic heterocycles. The van der Waals surface area contributed by atoms with Crippen molar-refractivity contribution in [2.45, 2.75) is 11.8 Å². The van der Waals surface area contributed by atoms with Gasteiger partial charge in [-0.25, -0.2) is 4.39 Å². The van der Waals surface area contributed by atoms with Crippen molar-refractivity contribution in [3.8, 4) is 0 Å². The molecule has 14 heavy (non-hydrogen) atoms. The second-order valence-electron chi connectivity index (χ2n) is 2.83. The molecule has 1 rings (SSSR count). The van der Waals surface area contributed by atoms with E-state index < -0.39 is 10.6 Å². The molecule has 0 fully saturated rings. The number of carbonyl (C=O) groups is 2. The molecule has 4 heteroatoms. The third-order valence-corrected chi connectivity index (χ3v) is 2.97. The van der Waals surface area contributed by atoms with Crippen LogP contribution in [0.3, 0.4) is 0 Å². The van der Waals surface area contributed by atoms with E-state index in [-0.39, 0.29) is 11.3 Å². The van der Waals surface area contributed by atoms with Gasteiger partial charge in [0.25, 0.3) is 0 Å². The van der Waals surface area contributed by atoms with E-state index in [4.69, 9.17) is 0 Å². The van der Waals surface area contributed by atoms with Crippen molar-refractivity contribution in [1.29, 1.82) is 0 Å². The highest BCUT2D eigenvalue weighted by atomic mass is 79.9. The molecule has 1 atom stereocenters. The first-order valence-electron chi connectivity index (χ1n) is 3.96. The molecule has 1 aromatic rings. The van der Waals surface area contributed by atoms with E-state index in [9.17, 15) is 14.0 Å². The molecule has 0 radical (unpaired) electrons. The van der Waals surface area contributed by atoms with Gasteiger partial charge in [0.15, 0.2) is 6.29 Å². The summed E-state index contributed by atoms with van der Waals surface area (Å²) in [5, 5.41) is 0. The SMILES string of the molecule is CC(=O)C(Br)c1cccc(F)c1C=O. The van der Waals surface area contributed by atoms with Gasteiger partial charge in [-0.1, -0.05) is 28.1 Å². The summed E-state index contributed by atoms with van der Waals surface area (Å²) in [6, 6.07) is 4.20. The van der Waals surface area contributed by atoms with Crippen LogP contribution in [0.2, 0.25) is 0 Å². The maximum absolute atomic E-state index is 13.1. The predicted octanol–water partition coefficient (Wildman–Crippen LogP) is 2.66. The van der Waals surface area contributed by atoms with Crippen molar-refractivity contribution in [2.24, 2.45) is 0 Å². The summed E-state index contributed by atoms with van der Waals surface area (Å²) < 4.78 is 13.1. The van der Waals surface area contributed by atoms with Crippen molar-refractivity contribution in [3.63, 3.8) is 0 Å². The van der Waals surface area contributed by atoms with Crippen LogP contribution in [0.1, 0.15) is 27.7 Å². The maximum atomic E-state index is 13.1. The average Bonchev–Trinajstić information content (AvgIpc) is 2.16. The Hall–Kier alpha value is -1.03. The topological polar surface area (TPSA) is 34.1 Å². The molecule has 0 aliphatic heterocycles. The number of halogens is 2. The fraction of sp³-hybridized carbons (Fsp3) is 0.200. The number of alkyl halides is 1.